The number of hydrogen-bond acceptors (Lipinski definition) is 0. The summed E-state index contributed by atoms with van der Waals surface area (Å²) < 4.78 is 0. The average molecular weight is 301 g/mol. The molecule has 124 valence electrons. The van der Waals surface area contributed by atoms with Crippen LogP contribution in [0.1, 0.15) is 78.6 Å². The van der Waals surface area contributed by atoms with Gasteiger partial charge in [-0.15, -0.1) is 0 Å². The SMILES string of the molecule is C=C(C)C1CCC2C1CCC1C2CC(C)C2CCCCC21C. The van der Waals surface area contributed by atoms with Crippen molar-refractivity contribution in [2.75, 3.05) is 0 Å². The number of hydrogen-bond donors (Lipinski definition) is 0. The van der Waals surface area contributed by atoms with Gasteiger partial charge in [0.1, 0.15) is 0 Å². The lowest BCUT2D eigenvalue weighted by Crippen LogP contribution is -2.53. The Morgan fingerprint density at radius 1 is 0.909 bits per heavy atom. The van der Waals surface area contributed by atoms with E-state index in [9.17, 15) is 0 Å². The summed E-state index contributed by atoms with van der Waals surface area (Å²) in [7, 11) is 0. The highest BCUT2D eigenvalue weighted by Gasteiger charge is 2.57. The van der Waals surface area contributed by atoms with Crippen LogP contribution in [0.2, 0.25) is 0 Å². The second-order valence-electron chi connectivity index (χ2n) is 9.78. The first-order valence-corrected chi connectivity index (χ1v) is 10.2. The summed E-state index contributed by atoms with van der Waals surface area (Å²) in [5.74, 6) is 7.03. The summed E-state index contributed by atoms with van der Waals surface area (Å²) in [6.45, 7) is 11.9. The van der Waals surface area contributed by atoms with E-state index in [-0.39, 0.29) is 0 Å². The molecule has 0 bridgehead atoms. The van der Waals surface area contributed by atoms with E-state index in [1.165, 1.54) is 56.9 Å². The van der Waals surface area contributed by atoms with Gasteiger partial charge in [-0.25, -0.2) is 0 Å². The first-order chi connectivity index (χ1) is 10.5. The Morgan fingerprint density at radius 3 is 2.45 bits per heavy atom. The van der Waals surface area contributed by atoms with Gasteiger partial charge in [0.15, 0.2) is 0 Å². The Kier molecular flexibility index (Phi) is 3.74. The molecule has 0 aromatic rings. The van der Waals surface area contributed by atoms with Crippen molar-refractivity contribution in [3.05, 3.63) is 12.2 Å². The van der Waals surface area contributed by atoms with E-state index in [2.05, 4.69) is 27.4 Å². The van der Waals surface area contributed by atoms with E-state index < -0.39 is 0 Å². The molecule has 22 heavy (non-hydrogen) atoms. The molecule has 4 aliphatic rings. The highest BCUT2D eigenvalue weighted by atomic mass is 14.6. The van der Waals surface area contributed by atoms with E-state index in [4.69, 9.17) is 0 Å². The normalized spacial score (nSPS) is 54.2. The topological polar surface area (TPSA) is 0 Å². The monoisotopic (exact) mass is 300 g/mol. The van der Waals surface area contributed by atoms with Crippen molar-refractivity contribution in [3.8, 4) is 0 Å². The fraction of sp³-hybridized carbons (Fsp3) is 0.909. The van der Waals surface area contributed by atoms with Crippen molar-refractivity contribution in [2.45, 2.75) is 78.6 Å². The summed E-state index contributed by atoms with van der Waals surface area (Å²) in [5, 5.41) is 0. The molecular formula is C22H36. The second-order valence-corrected chi connectivity index (χ2v) is 9.78. The zero-order valence-electron chi connectivity index (χ0n) is 15.1. The lowest BCUT2D eigenvalue weighted by molar-refractivity contribution is -0.111. The summed E-state index contributed by atoms with van der Waals surface area (Å²) in [6, 6.07) is 0. The third kappa shape index (κ3) is 2.08. The molecule has 0 spiro atoms. The highest BCUT2D eigenvalue weighted by Crippen LogP contribution is 2.65. The minimum absolute atomic E-state index is 0.687. The van der Waals surface area contributed by atoms with Crippen molar-refractivity contribution < 1.29 is 0 Å². The van der Waals surface area contributed by atoms with Crippen LogP contribution in [-0.4, -0.2) is 0 Å². The van der Waals surface area contributed by atoms with Crippen LogP contribution in [0.3, 0.4) is 0 Å². The molecule has 8 atom stereocenters. The minimum atomic E-state index is 0.687. The van der Waals surface area contributed by atoms with Crippen LogP contribution in [0.5, 0.6) is 0 Å². The summed E-state index contributed by atoms with van der Waals surface area (Å²) >= 11 is 0. The van der Waals surface area contributed by atoms with E-state index in [1.54, 1.807) is 6.42 Å². The smallest absolute Gasteiger partial charge is 0.0177 e. The van der Waals surface area contributed by atoms with Crippen LogP contribution in [0.15, 0.2) is 12.2 Å². The third-order valence-corrected chi connectivity index (χ3v) is 8.89. The Bertz CT molecular complexity index is 449. The Morgan fingerprint density at radius 2 is 1.68 bits per heavy atom. The molecule has 0 nitrogen and oxygen atoms in total. The molecule has 0 radical (unpaired) electrons. The molecule has 4 rings (SSSR count). The predicted molar refractivity (Wildman–Crippen MR) is 94.6 cm³/mol. The molecule has 0 heteroatoms. The molecule has 0 aromatic carbocycles. The van der Waals surface area contributed by atoms with E-state index in [0.717, 1.165) is 41.4 Å². The molecule has 0 N–H and O–H groups in total. The highest BCUT2D eigenvalue weighted by molar-refractivity contribution is 5.11. The maximum atomic E-state index is 4.33. The van der Waals surface area contributed by atoms with Crippen molar-refractivity contribution in [1.29, 1.82) is 0 Å². The van der Waals surface area contributed by atoms with Gasteiger partial charge >= 0.3 is 0 Å². The summed E-state index contributed by atoms with van der Waals surface area (Å²) in [6.07, 6.45) is 13.6. The second kappa shape index (κ2) is 5.38. The van der Waals surface area contributed by atoms with Crippen LogP contribution >= 0.6 is 0 Å². The van der Waals surface area contributed by atoms with E-state index >= 15 is 0 Å². The quantitative estimate of drug-likeness (QED) is 0.487. The lowest BCUT2D eigenvalue weighted by Gasteiger charge is -2.60. The van der Waals surface area contributed by atoms with Gasteiger partial charge in [0, 0.05) is 0 Å². The molecule has 0 aromatic heterocycles. The number of fused-ring (bicyclic) bond motifs is 5. The lowest BCUT2D eigenvalue weighted by atomic mass is 9.45. The maximum absolute atomic E-state index is 4.33. The van der Waals surface area contributed by atoms with Crippen molar-refractivity contribution in [2.24, 2.45) is 46.8 Å². The molecular weight excluding hydrogens is 264 g/mol. The zero-order valence-corrected chi connectivity index (χ0v) is 15.1. The van der Waals surface area contributed by atoms with Crippen LogP contribution in [0.25, 0.3) is 0 Å². The Balaban J connectivity index is 1.62. The standard InChI is InChI=1S/C22H36/c1-14(2)16-8-9-18-17(16)10-11-21-19(18)13-15(3)20-7-5-6-12-22(20,21)4/h15-21H,1,5-13H2,2-4H3. The molecule has 4 saturated carbocycles. The first kappa shape index (κ1) is 15.3. The third-order valence-electron chi connectivity index (χ3n) is 8.89. The average Bonchev–Trinajstić information content (AvgIpc) is 2.91. The molecule has 4 fully saturated rings. The fourth-order valence-electron chi connectivity index (χ4n) is 8.07. The van der Waals surface area contributed by atoms with E-state index in [1.807, 2.05) is 0 Å². The molecule has 0 saturated heterocycles. The molecule has 0 amide bonds. The van der Waals surface area contributed by atoms with E-state index in [0.29, 0.717) is 5.41 Å². The van der Waals surface area contributed by atoms with Gasteiger partial charge in [-0.1, -0.05) is 38.8 Å². The van der Waals surface area contributed by atoms with Crippen LogP contribution in [-0.2, 0) is 0 Å². The molecule has 0 heterocycles. The zero-order chi connectivity index (χ0) is 15.5. The van der Waals surface area contributed by atoms with Gasteiger partial charge in [0.05, 0.1) is 0 Å². The number of allylic oxidation sites excluding steroid dienone is 1. The van der Waals surface area contributed by atoms with Crippen LogP contribution in [0.4, 0.5) is 0 Å². The maximum Gasteiger partial charge on any atom is -0.0177 e. The van der Waals surface area contributed by atoms with Crippen molar-refractivity contribution in [3.63, 3.8) is 0 Å². The van der Waals surface area contributed by atoms with Crippen molar-refractivity contribution in [1.82, 2.24) is 0 Å². The van der Waals surface area contributed by atoms with Gasteiger partial charge in [0.25, 0.3) is 0 Å². The molecule has 8 unspecified atom stereocenters. The van der Waals surface area contributed by atoms with Gasteiger partial charge in [-0.3, -0.25) is 0 Å². The number of rotatable bonds is 1. The Labute approximate surface area is 138 Å². The van der Waals surface area contributed by atoms with Gasteiger partial charge < -0.3 is 0 Å². The minimum Gasteiger partial charge on any atom is -0.0999 e. The molecule has 4 aliphatic carbocycles. The predicted octanol–water partition coefficient (Wildman–Crippen LogP) is 6.47. The fourth-order valence-corrected chi connectivity index (χ4v) is 8.07. The summed E-state index contributed by atoms with van der Waals surface area (Å²) in [5.41, 5.74) is 2.17. The first-order valence-electron chi connectivity index (χ1n) is 10.2. The Hall–Kier alpha value is -0.260. The summed E-state index contributed by atoms with van der Waals surface area (Å²) in [4.78, 5) is 0. The van der Waals surface area contributed by atoms with Crippen LogP contribution in [0, 0.1) is 46.8 Å². The van der Waals surface area contributed by atoms with Crippen molar-refractivity contribution >= 4 is 0 Å². The van der Waals surface area contributed by atoms with Gasteiger partial charge in [-0.2, -0.15) is 0 Å². The van der Waals surface area contributed by atoms with Gasteiger partial charge in [0.2, 0.25) is 0 Å². The van der Waals surface area contributed by atoms with Crippen LogP contribution < -0.4 is 0 Å². The van der Waals surface area contributed by atoms with Gasteiger partial charge in [-0.05, 0) is 98.7 Å². The largest absolute Gasteiger partial charge is 0.0999 e. The molecule has 0 aliphatic heterocycles.